The monoisotopic (exact) mass is 653 g/mol. The largest absolute Gasteiger partial charge is 0.254 e. The molecule has 0 N–H and O–H groups in total. The van der Waals surface area contributed by atoms with Crippen LogP contribution in [0.1, 0.15) is 5.69 Å². The Kier molecular flexibility index (Phi) is 7.63. The van der Waals surface area contributed by atoms with Crippen LogP contribution < -0.4 is 0 Å². The van der Waals surface area contributed by atoms with E-state index in [4.69, 9.17) is 19.9 Å². The SMILES string of the molecule is Cc1cccc(-c2ccc(-c3cc(-c4nc(-c5ccccc5)nc(-c5ccccc5)n4)cc(-c4cc5ccccc5c5ccccc45)c3)cn2)n1. The van der Waals surface area contributed by atoms with Crippen LogP contribution in [0.25, 0.3) is 89.4 Å². The normalized spacial score (nSPS) is 11.2. The van der Waals surface area contributed by atoms with Crippen LogP contribution in [0.15, 0.2) is 170 Å². The van der Waals surface area contributed by atoms with Crippen LogP contribution in [-0.4, -0.2) is 24.9 Å². The van der Waals surface area contributed by atoms with Gasteiger partial charge in [-0.2, -0.15) is 0 Å². The molecule has 0 spiro atoms. The summed E-state index contributed by atoms with van der Waals surface area (Å²) in [6.07, 6.45) is 1.93. The van der Waals surface area contributed by atoms with Gasteiger partial charge >= 0.3 is 0 Å². The molecule has 0 unspecified atom stereocenters. The highest BCUT2D eigenvalue weighted by atomic mass is 15.0. The third-order valence-corrected chi connectivity index (χ3v) is 9.22. The van der Waals surface area contributed by atoms with Crippen molar-refractivity contribution >= 4 is 21.5 Å². The van der Waals surface area contributed by atoms with Crippen LogP contribution in [0.2, 0.25) is 0 Å². The molecule has 0 saturated heterocycles. The van der Waals surface area contributed by atoms with E-state index >= 15 is 0 Å². The number of aromatic nitrogens is 5. The maximum absolute atomic E-state index is 5.10. The third kappa shape index (κ3) is 5.91. The molecule has 0 aliphatic heterocycles. The lowest BCUT2D eigenvalue weighted by atomic mass is 9.90. The van der Waals surface area contributed by atoms with Crippen molar-refractivity contribution in [1.29, 1.82) is 0 Å². The van der Waals surface area contributed by atoms with Gasteiger partial charge in [0.2, 0.25) is 0 Å². The minimum absolute atomic E-state index is 0.601. The van der Waals surface area contributed by atoms with Gasteiger partial charge in [0.15, 0.2) is 17.5 Å². The molecule has 240 valence electrons. The van der Waals surface area contributed by atoms with Gasteiger partial charge in [0, 0.05) is 34.1 Å². The molecule has 0 saturated carbocycles. The average molecular weight is 654 g/mol. The summed E-state index contributed by atoms with van der Waals surface area (Å²) in [4.78, 5) is 24.7. The maximum atomic E-state index is 5.10. The second-order valence-electron chi connectivity index (χ2n) is 12.6. The van der Waals surface area contributed by atoms with E-state index in [1.807, 2.05) is 98.0 Å². The number of pyridine rings is 2. The highest BCUT2D eigenvalue weighted by Gasteiger charge is 2.17. The number of hydrogen-bond acceptors (Lipinski definition) is 5. The molecule has 0 aliphatic carbocycles. The van der Waals surface area contributed by atoms with Gasteiger partial charge in [-0.3, -0.25) is 9.97 Å². The first-order chi connectivity index (χ1) is 25.2. The van der Waals surface area contributed by atoms with E-state index in [-0.39, 0.29) is 0 Å². The van der Waals surface area contributed by atoms with Crippen molar-refractivity contribution in [2.45, 2.75) is 6.92 Å². The molecule has 0 radical (unpaired) electrons. The van der Waals surface area contributed by atoms with E-state index in [0.29, 0.717) is 17.5 Å². The van der Waals surface area contributed by atoms with Gasteiger partial charge in [-0.1, -0.05) is 121 Å². The van der Waals surface area contributed by atoms with E-state index in [2.05, 4.69) is 83.8 Å². The standard InChI is InChI=1S/C46H31N5/c1-30-13-12-22-43(48-30)42-24-23-34(29-47-42)35-25-36(41-28-33-18-8-9-19-38(33)39-20-10-11-21-40(39)41)27-37(26-35)46-50-44(31-14-4-2-5-15-31)49-45(51-46)32-16-6-3-7-17-32/h2-29H,1H3. The Morgan fingerprint density at radius 1 is 0.353 bits per heavy atom. The first kappa shape index (κ1) is 30.2. The third-order valence-electron chi connectivity index (χ3n) is 9.22. The van der Waals surface area contributed by atoms with Crippen molar-refractivity contribution in [3.63, 3.8) is 0 Å². The van der Waals surface area contributed by atoms with Gasteiger partial charge in [-0.15, -0.1) is 0 Å². The van der Waals surface area contributed by atoms with Crippen molar-refractivity contribution in [2.24, 2.45) is 0 Å². The van der Waals surface area contributed by atoms with Gasteiger partial charge in [0.25, 0.3) is 0 Å². The molecule has 51 heavy (non-hydrogen) atoms. The summed E-state index contributed by atoms with van der Waals surface area (Å²) in [5, 5.41) is 4.82. The molecule has 3 heterocycles. The molecular formula is C46H31N5. The second-order valence-corrected chi connectivity index (χ2v) is 12.6. The number of rotatable bonds is 6. The van der Waals surface area contributed by atoms with E-state index in [9.17, 15) is 0 Å². The minimum Gasteiger partial charge on any atom is -0.254 e. The molecule has 0 atom stereocenters. The summed E-state index contributed by atoms with van der Waals surface area (Å²) in [5.74, 6) is 1.85. The lowest BCUT2D eigenvalue weighted by Crippen LogP contribution is -2.00. The summed E-state index contributed by atoms with van der Waals surface area (Å²) in [6, 6.07) is 56.5. The molecular weight excluding hydrogens is 623 g/mol. The summed E-state index contributed by atoms with van der Waals surface area (Å²) in [7, 11) is 0. The van der Waals surface area contributed by atoms with Gasteiger partial charge < -0.3 is 0 Å². The molecule has 0 bridgehead atoms. The lowest BCUT2D eigenvalue weighted by molar-refractivity contribution is 1.07. The fraction of sp³-hybridized carbons (Fsp3) is 0.0217. The Balaban J connectivity index is 1.28. The Hall–Kier alpha value is -6.85. The zero-order valence-corrected chi connectivity index (χ0v) is 27.9. The summed E-state index contributed by atoms with van der Waals surface area (Å²) in [6.45, 7) is 2.00. The van der Waals surface area contributed by atoms with E-state index in [1.54, 1.807) is 0 Å². The summed E-state index contributed by atoms with van der Waals surface area (Å²) >= 11 is 0. The zero-order chi connectivity index (χ0) is 34.1. The molecule has 9 aromatic rings. The quantitative estimate of drug-likeness (QED) is 0.167. The van der Waals surface area contributed by atoms with Crippen LogP contribution in [-0.2, 0) is 0 Å². The lowest BCUT2D eigenvalue weighted by Gasteiger charge is -2.15. The Bertz CT molecular complexity index is 2630. The van der Waals surface area contributed by atoms with Crippen LogP contribution in [0.4, 0.5) is 0 Å². The highest BCUT2D eigenvalue weighted by molar-refractivity contribution is 6.14. The summed E-state index contributed by atoms with van der Waals surface area (Å²) in [5.41, 5.74) is 9.60. The highest BCUT2D eigenvalue weighted by Crippen LogP contribution is 2.39. The molecule has 5 heteroatoms. The molecule has 0 amide bonds. The van der Waals surface area contributed by atoms with Gasteiger partial charge in [-0.25, -0.2) is 15.0 Å². The number of benzene rings is 6. The molecule has 3 aromatic heterocycles. The van der Waals surface area contributed by atoms with Crippen LogP contribution >= 0.6 is 0 Å². The maximum Gasteiger partial charge on any atom is 0.164 e. The Morgan fingerprint density at radius 2 is 0.941 bits per heavy atom. The molecule has 6 aromatic carbocycles. The number of hydrogen-bond donors (Lipinski definition) is 0. The predicted octanol–water partition coefficient (Wildman–Crippen LogP) is 11.3. The smallest absolute Gasteiger partial charge is 0.164 e. The minimum atomic E-state index is 0.601. The molecule has 5 nitrogen and oxygen atoms in total. The number of fused-ring (bicyclic) bond motifs is 3. The van der Waals surface area contributed by atoms with Crippen molar-refractivity contribution < 1.29 is 0 Å². The molecule has 0 fully saturated rings. The van der Waals surface area contributed by atoms with Crippen molar-refractivity contribution in [3.05, 3.63) is 176 Å². The van der Waals surface area contributed by atoms with Crippen molar-refractivity contribution in [1.82, 2.24) is 24.9 Å². The number of nitrogens with zero attached hydrogens (tertiary/aromatic N) is 5. The van der Waals surface area contributed by atoms with E-state index in [0.717, 1.165) is 56.0 Å². The average Bonchev–Trinajstić information content (AvgIpc) is 3.21. The fourth-order valence-electron chi connectivity index (χ4n) is 6.71. The first-order valence-electron chi connectivity index (χ1n) is 17.0. The molecule has 0 aliphatic rings. The number of aryl methyl sites for hydroxylation is 1. The second kappa shape index (κ2) is 12.9. The topological polar surface area (TPSA) is 64.5 Å². The van der Waals surface area contributed by atoms with Crippen LogP contribution in [0.3, 0.4) is 0 Å². The van der Waals surface area contributed by atoms with E-state index < -0.39 is 0 Å². The van der Waals surface area contributed by atoms with Crippen molar-refractivity contribution in [3.8, 4) is 67.8 Å². The zero-order valence-electron chi connectivity index (χ0n) is 27.9. The van der Waals surface area contributed by atoms with Gasteiger partial charge in [0.1, 0.15) is 0 Å². The van der Waals surface area contributed by atoms with E-state index in [1.165, 1.54) is 21.5 Å². The summed E-state index contributed by atoms with van der Waals surface area (Å²) < 4.78 is 0. The Morgan fingerprint density at radius 3 is 1.61 bits per heavy atom. The first-order valence-corrected chi connectivity index (χ1v) is 17.0. The fourth-order valence-corrected chi connectivity index (χ4v) is 6.71. The molecule has 9 rings (SSSR count). The Labute approximate surface area is 296 Å². The predicted molar refractivity (Wildman–Crippen MR) is 208 cm³/mol. The van der Waals surface area contributed by atoms with Gasteiger partial charge in [0.05, 0.1) is 11.4 Å². The van der Waals surface area contributed by atoms with Crippen LogP contribution in [0, 0.1) is 6.92 Å². The van der Waals surface area contributed by atoms with Crippen LogP contribution in [0.5, 0.6) is 0 Å². The van der Waals surface area contributed by atoms with Gasteiger partial charge in [-0.05, 0) is 87.6 Å². The van der Waals surface area contributed by atoms with Crippen molar-refractivity contribution in [2.75, 3.05) is 0 Å².